The van der Waals surface area contributed by atoms with Gasteiger partial charge in [0, 0.05) is 11.3 Å². The Morgan fingerprint density at radius 3 is 2.70 bits per heavy atom. The normalized spacial score (nSPS) is 11.3. The fourth-order valence-electron chi connectivity index (χ4n) is 2.04. The highest BCUT2D eigenvalue weighted by Gasteiger charge is 2.11. The molecule has 0 bridgehead atoms. The predicted octanol–water partition coefficient (Wildman–Crippen LogP) is 2.32. The molecule has 0 atom stereocenters. The van der Waals surface area contributed by atoms with E-state index in [1.807, 2.05) is 6.07 Å². The molecule has 1 heterocycles. The van der Waals surface area contributed by atoms with Crippen LogP contribution in [0.1, 0.15) is 10.4 Å². The third-order valence-corrected chi connectivity index (χ3v) is 4.11. The molecule has 3 rings (SSSR count). The summed E-state index contributed by atoms with van der Waals surface area (Å²) in [4.78, 5) is 12.4. The van der Waals surface area contributed by atoms with Crippen molar-refractivity contribution in [2.45, 2.75) is 0 Å². The Kier molecular flexibility index (Phi) is 3.97. The van der Waals surface area contributed by atoms with Gasteiger partial charge in [-0.3, -0.25) is 9.52 Å². The molecule has 0 unspecified atom stereocenters. The summed E-state index contributed by atoms with van der Waals surface area (Å²) in [6.45, 7) is 0. The van der Waals surface area contributed by atoms with E-state index in [0.29, 0.717) is 28.0 Å². The smallest absolute Gasteiger partial charge is 0.255 e. The molecule has 0 aliphatic heterocycles. The van der Waals surface area contributed by atoms with E-state index >= 15 is 0 Å². The Morgan fingerprint density at radius 1 is 1.13 bits per heavy atom. The van der Waals surface area contributed by atoms with Crippen LogP contribution in [0.3, 0.4) is 0 Å². The highest BCUT2D eigenvalue weighted by Crippen LogP contribution is 2.22. The summed E-state index contributed by atoms with van der Waals surface area (Å²) in [5.74, 6) is -0.359. The molecule has 0 saturated heterocycles. The zero-order chi connectivity index (χ0) is 16.4. The number of carbonyl (C=O) groups excluding carboxylic acids is 1. The second-order valence-corrected chi connectivity index (χ2v) is 7.12. The summed E-state index contributed by atoms with van der Waals surface area (Å²) in [5, 5.41) is 2.77. The van der Waals surface area contributed by atoms with E-state index in [1.165, 1.54) is 6.07 Å². The average molecular weight is 348 g/mol. The topological polar surface area (TPSA) is 101 Å². The number of nitrogens with zero attached hydrogens (tertiary/aromatic N) is 2. The van der Waals surface area contributed by atoms with Crippen LogP contribution in [-0.2, 0) is 10.0 Å². The van der Waals surface area contributed by atoms with E-state index in [1.54, 1.807) is 30.3 Å². The third-order valence-electron chi connectivity index (χ3n) is 2.96. The van der Waals surface area contributed by atoms with Gasteiger partial charge in [0.2, 0.25) is 10.0 Å². The molecule has 1 aromatic heterocycles. The number of benzene rings is 2. The number of aromatic nitrogens is 2. The molecule has 2 aromatic carbocycles. The summed E-state index contributed by atoms with van der Waals surface area (Å²) in [6.07, 6.45) is 1.05. The summed E-state index contributed by atoms with van der Waals surface area (Å²) < 4.78 is 33.1. The first-order valence-electron chi connectivity index (χ1n) is 6.53. The van der Waals surface area contributed by atoms with Crippen LogP contribution in [0.25, 0.3) is 11.0 Å². The van der Waals surface area contributed by atoms with Crippen LogP contribution in [-0.4, -0.2) is 29.3 Å². The van der Waals surface area contributed by atoms with Crippen molar-refractivity contribution in [3.8, 4) is 0 Å². The fourth-order valence-corrected chi connectivity index (χ4v) is 3.14. The summed E-state index contributed by atoms with van der Waals surface area (Å²) in [7, 11) is -3.40. The number of sulfonamides is 1. The molecule has 0 spiro atoms. The average Bonchev–Trinajstić information content (AvgIpc) is 2.95. The monoisotopic (exact) mass is 348 g/mol. The van der Waals surface area contributed by atoms with Crippen LogP contribution in [0.2, 0.25) is 0 Å². The number of hydrogen-bond donors (Lipinski definition) is 2. The van der Waals surface area contributed by atoms with Gasteiger partial charge in [-0.05, 0) is 30.3 Å². The summed E-state index contributed by atoms with van der Waals surface area (Å²) in [5.41, 5.74) is 2.55. The lowest BCUT2D eigenvalue weighted by Gasteiger charge is -2.08. The first-order chi connectivity index (χ1) is 10.9. The zero-order valence-electron chi connectivity index (χ0n) is 12.0. The minimum atomic E-state index is -3.40. The van der Waals surface area contributed by atoms with Crippen molar-refractivity contribution >= 4 is 50.1 Å². The molecule has 2 N–H and O–H groups in total. The molecule has 7 nitrogen and oxygen atoms in total. The molecule has 3 aromatic rings. The second kappa shape index (κ2) is 5.94. The Labute approximate surface area is 136 Å². The second-order valence-electron chi connectivity index (χ2n) is 4.85. The summed E-state index contributed by atoms with van der Waals surface area (Å²) in [6, 6.07) is 11.6. The summed E-state index contributed by atoms with van der Waals surface area (Å²) >= 11 is 1.07. The van der Waals surface area contributed by atoms with Crippen molar-refractivity contribution in [2.24, 2.45) is 0 Å². The van der Waals surface area contributed by atoms with Gasteiger partial charge in [0.05, 0.1) is 23.7 Å². The van der Waals surface area contributed by atoms with Gasteiger partial charge in [0.15, 0.2) is 0 Å². The van der Waals surface area contributed by atoms with Crippen LogP contribution >= 0.6 is 11.7 Å². The van der Waals surface area contributed by atoms with Gasteiger partial charge >= 0.3 is 0 Å². The van der Waals surface area contributed by atoms with Gasteiger partial charge in [-0.1, -0.05) is 12.1 Å². The number of hydrogen-bond acceptors (Lipinski definition) is 6. The van der Waals surface area contributed by atoms with Gasteiger partial charge in [-0.15, -0.1) is 0 Å². The Balaban J connectivity index is 1.86. The van der Waals surface area contributed by atoms with Crippen molar-refractivity contribution in [2.75, 3.05) is 16.3 Å². The van der Waals surface area contributed by atoms with E-state index < -0.39 is 10.0 Å². The van der Waals surface area contributed by atoms with Crippen molar-refractivity contribution in [1.82, 2.24) is 8.75 Å². The lowest BCUT2D eigenvalue weighted by molar-refractivity contribution is 0.102. The molecule has 0 aliphatic rings. The molecule has 0 fully saturated rings. The van der Waals surface area contributed by atoms with E-state index in [0.717, 1.165) is 18.0 Å². The number of rotatable bonds is 4. The number of fused-ring (bicyclic) bond motifs is 1. The Bertz CT molecular complexity index is 982. The van der Waals surface area contributed by atoms with E-state index in [-0.39, 0.29) is 5.91 Å². The number of amides is 1. The highest BCUT2D eigenvalue weighted by atomic mass is 32.2. The van der Waals surface area contributed by atoms with Gasteiger partial charge in [0.1, 0.15) is 11.0 Å². The van der Waals surface area contributed by atoms with Gasteiger partial charge in [-0.25, -0.2) is 8.42 Å². The van der Waals surface area contributed by atoms with Gasteiger partial charge in [0.25, 0.3) is 5.91 Å². The minimum Gasteiger partial charge on any atom is -0.320 e. The molecule has 1 amide bonds. The fraction of sp³-hybridized carbons (Fsp3) is 0.0714. The van der Waals surface area contributed by atoms with Crippen molar-refractivity contribution < 1.29 is 13.2 Å². The first-order valence-corrected chi connectivity index (χ1v) is 9.15. The SMILES string of the molecule is CS(=O)(=O)Nc1cccc(C(=O)Nc2cccc3nsnc23)c1. The number of carbonyl (C=O) groups is 1. The number of nitrogens with one attached hydrogen (secondary N) is 2. The maximum atomic E-state index is 12.4. The standard InChI is InChI=1S/C14H12N4O3S2/c1-23(20,21)18-10-5-2-4-9(8-10)14(19)15-11-6-3-7-12-13(11)17-22-16-12/h2-8,18H,1H3,(H,15,19). The molecule has 9 heteroatoms. The van der Waals surface area contributed by atoms with E-state index in [4.69, 9.17) is 0 Å². The van der Waals surface area contributed by atoms with Crippen LogP contribution < -0.4 is 10.0 Å². The number of anilines is 2. The predicted molar refractivity (Wildman–Crippen MR) is 90.3 cm³/mol. The van der Waals surface area contributed by atoms with Gasteiger partial charge < -0.3 is 5.32 Å². The minimum absolute atomic E-state index is 0.327. The van der Waals surface area contributed by atoms with Crippen molar-refractivity contribution in [1.29, 1.82) is 0 Å². The molecule has 23 heavy (non-hydrogen) atoms. The molecule has 0 aliphatic carbocycles. The van der Waals surface area contributed by atoms with Gasteiger partial charge in [-0.2, -0.15) is 8.75 Å². The lowest BCUT2D eigenvalue weighted by Crippen LogP contribution is -2.14. The molecular formula is C14H12N4O3S2. The van der Waals surface area contributed by atoms with Crippen LogP contribution in [0.5, 0.6) is 0 Å². The highest BCUT2D eigenvalue weighted by molar-refractivity contribution is 7.92. The van der Waals surface area contributed by atoms with Crippen LogP contribution in [0.15, 0.2) is 42.5 Å². The molecule has 118 valence electrons. The Morgan fingerprint density at radius 2 is 1.91 bits per heavy atom. The Hall–Kier alpha value is -2.52. The van der Waals surface area contributed by atoms with Crippen molar-refractivity contribution in [3.63, 3.8) is 0 Å². The first kappa shape index (κ1) is 15.4. The zero-order valence-corrected chi connectivity index (χ0v) is 13.6. The maximum Gasteiger partial charge on any atom is 0.255 e. The third kappa shape index (κ3) is 3.63. The van der Waals surface area contributed by atoms with Crippen LogP contribution in [0.4, 0.5) is 11.4 Å². The maximum absolute atomic E-state index is 12.4. The van der Waals surface area contributed by atoms with Crippen LogP contribution in [0, 0.1) is 0 Å². The lowest BCUT2D eigenvalue weighted by atomic mass is 10.2. The largest absolute Gasteiger partial charge is 0.320 e. The van der Waals surface area contributed by atoms with Crippen molar-refractivity contribution in [3.05, 3.63) is 48.0 Å². The quantitative estimate of drug-likeness (QED) is 0.753. The van der Waals surface area contributed by atoms with E-state index in [2.05, 4.69) is 18.8 Å². The molecule has 0 radical (unpaired) electrons. The van der Waals surface area contributed by atoms with E-state index in [9.17, 15) is 13.2 Å². The molecular weight excluding hydrogens is 336 g/mol. The molecule has 0 saturated carbocycles.